The predicted molar refractivity (Wildman–Crippen MR) is 339 cm³/mol. The Bertz CT molecular complexity index is 1660. The van der Waals surface area contributed by atoms with Gasteiger partial charge in [-0.25, -0.2) is 4.57 Å². The molecule has 0 saturated carbocycles. The molecule has 0 aliphatic rings. The molecule has 3 N–H and O–H groups in total. The van der Waals surface area contributed by atoms with Crippen molar-refractivity contribution < 1.29 is 37.6 Å². The summed E-state index contributed by atoms with van der Waals surface area (Å²) in [6.07, 6.45) is 87.3. The maximum Gasteiger partial charge on any atom is 0.472 e. The van der Waals surface area contributed by atoms with Crippen LogP contribution in [0.25, 0.3) is 0 Å². The molecule has 10 heteroatoms. The van der Waals surface area contributed by atoms with Crippen LogP contribution in [0.15, 0.2) is 109 Å². The number of ether oxygens (including phenoxy) is 2. The first kappa shape index (κ1) is 75.7. The second-order valence-corrected chi connectivity index (χ2v) is 22.7. The van der Waals surface area contributed by atoms with Crippen LogP contribution in [0, 0.1) is 0 Å². The number of hydrogen-bond acceptors (Lipinski definition) is 8. The lowest BCUT2D eigenvalue weighted by molar-refractivity contribution is -0.161. The fourth-order valence-corrected chi connectivity index (χ4v) is 9.65. The van der Waals surface area contributed by atoms with Crippen molar-refractivity contribution in [3.8, 4) is 0 Å². The summed E-state index contributed by atoms with van der Waals surface area (Å²) in [6, 6.07) is 0. The maximum absolute atomic E-state index is 12.7. The molecule has 0 saturated heterocycles. The summed E-state index contributed by atoms with van der Waals surface area (Å²) in [6.45, 7) is 3.62. The molecule has 0 spiro atoms. The monoisotopic (exact) mass is 1120 g/mol. The van der Waals surface area contributed by atoms with E-state index in [2.05, 4.69) is 123 Å². The van der Waals surface area contributed by atoms with E-state index in [9.17, 15) is 19.0 Å². The Hall–Kier alpha value is -3.33. The van der Waals surface area contributed by atoms with Crippen LogP contribution < -0.4 is 5.73 Å². The lowest BCUT2D eigenvalue weighted by atomic mass is 10.0. The summed E-state index contributed by atoms with van der Waals surface area (Å²) in [5.74, 6) is -0.843. The van der Waals surface area contributed by atoms with E-state index in [1.165, 1.54) is 141 Å². The van der Waals surface area contributed by atoms with Crippen molar-refractivity contribution >= 4 is 19.8 Å². The Labute approximate surface area is 486 Å². The van der Waals surface area contributed by atoms with Crippen molar-refractivity contribution in [1.82, 2.24) is 0 Å². The van der Waals surface area contributed by atoms with E-state index < -0.39 is 26.5 Å². The molecular formula is C69H120NO8P. The maximum atomic E-state index is 12.7. The summed E-state index contributed by atoms with van der Waals surface area (Å²) in [5.41, 5.74) is 5.39. The molecule has 0 amide bonds. The predicted octanol–water partition coefficient (Wildman–Crippen LogP) is 21.0. The zero-order valence-corrected chi connectivity index (χ0v) is 51.7. The number of allylic oxidation sites excluding steroid dienone is 18. The van der Waals surface area contributed by atoms with Gasteiger partial charge in [0.25, 0.3) is 0 Å². The number of hydrogen-bond donors (Lipinski definition) is 2. The zero-order valence-electron chi connectivity index (χ0n) is 50.8. The summed E-state index contributed by atoms with van der Waals surface area (Å²) in [5, 5.41) is 0. The number of phosphoric ester groups is 1. The van der Waals surface area contributed by atoms with Gasteiger partial charge in [0.15, 0.2) is 6.10 Å². The van der Waals surface area contributed by atoms with Crippen LogP contribution >= 0.6 is 7.82 Å². The summed E-state index contributed by atoms with van der Waals surface area (Å²) < 4.78 is 33.1. The molecule has 0 rings (SSSR count). The molecule has 0 radical (unpaired) electrons. The third-order valence-electron chi connectivity index (χ3n) is 13.6. The Morgan fingerprint density at radius 1 is 0.392 bits per heavy atom. The van der Waals surface area contributed by atoms with Crippen LogP contribution in [0.2, 0.25) is 0 Å². The fraction of sp³-hybridized carbons (Fsp3) is 0.710. The first-order valence-electron chi connectivity index (χ1n) is 32.4. The number of carbonyl (C=O) groups is 2. The van der Waals surface area contributed by atoms with Crippen molar-refractivity contribution in [2.75, 3.05) is 26.4 Å². The molecule has 79 heavy (non-hydrogen) atoms. The van der Waals surface area contributed by atoms with Crippen molar-refractivity contribution in [2.45, 2.75) is 290 Å². The summed E-state index contributed by atoms with van der Waals surface area (Å²) >= 11 is 0. The number of esters is 2. The van der Waals surface area contributed by atoms with Gasteiger partial charge in [-0.3, -0.25) is 18.6 Å². The van der Waals surface area contributed by atoms with Crippen molar-refractivity contribution in [3.63, 3.8) is 0 Å². The number of nitrogens with two attached hydrogens (primary N) is 1. The highest BCUT2D eigenvalue weighted by Gasteiger charge is 2.26. The smallest absolute Gasteiger partial charge is 0.462 e. The van der Waals surface area contributed by atoms with Gasteiger partial charge >= 0.3 is 19.8 Å². The number of phosphoric acid groups is 1. The fourth-order valence-electron chi connectivity index (χ4n) is 8.88. The molecular weight excluding hydrogens is 1000 g/mol. The molecule has 0 aromatic heterocycles. The molecule has 0 bridgehead atoms. The van der Waals surface area contributed by atoms with Gasteiger partial charge in [0.05, 0.1) is 13.2 Å². The number of unbranched alkanes of at least 4 members (excludes halogenated alkanes) is 29. The average molecular weight is 1120 g/mol. The Balaban J connectivity index is 3.94. The third-order valence-corrected chi connectivity index (χ3v) is 14.6. The first-order valence-corrected chi connectivity index (χ1v) is 33.9. The summed E-state index contributed by atoms with van der Waals surface area (Å²) in [4.78, 5) is 35.3. The van der Waals surface area contributed by atoms with Crippen molar-refractivity contribution in [2.24, 2.45) is 5.73 Å². The van der Waals surface area contributed by atoms with E-state index in [0.29, 0.717) is 6.42 Å². The van der Waals surface area contributed by atoms with E-state index in [4.69, 9.17) is 24.3 Å². The van der Waals surface area contributed by atoms with Crippen LogP contribution in [0.4, 0.5) is 0 Å². The molecule has 2 atom stereocenters. The van der Waals surface area contributed by atoms with Gasteiger partial charge in [0, 0.05) is 19.4 Å². The van der Waals surface area contributed by atoms with Crippen LogP contribution in [0.5, 0.6) is 0 Å². The molecule has 454 valence electrons. The SMILES string of the molecule is CC/C=C\C/C=C\C/C=C\C/C=C\C/C=C\C/C=C\CCCCCCCCC(=O)OC(COC(=O)CCCCCCCCCCCCCCCCCCCC/C=C\C/C=C\C/C=C\CCCCCCC)COP(=O)(O)OCCN. The largest absolute Gasteiger partial charge is 0.472 e. The highest BCUT2D eigenvalue weighted by atomic mass is 31.2. The van der Waals surface area contributed by atoms with Gasteiger partial charge in [0.1, 0.15) is 6.61 Å². The normalized spacial score (nSPS) is 13.7. The van der Waals surface area contributed by atoms with Gasteiger partial charge in [-0.05, 0) is 103 Å². The van der Waals surface area contributed by atoms with E-state index in [1.54, 1.807) is 0 Å². The zero-order chi connectivity index (χ0) is 57.3. The quantitative estimate of drug-likeness (QED) is 0.0264. The van der Waals surface area contributed by atoms with Gasteiger partial charge in [-0.1, -0.05) is 277 Å². The van der Waals surface area contributed by atoms with Gasteiger partial charge in [-0.2, -0.15) is 0 Å². The molecule has 9 nitrogen and oxygen atoms in total. The lowest BCUT2D eigenvalue weighted by Gasteiger charge is -2.19. The van der Waals surface area contributed by atoms with Crippen LogP contribution in [0.1, 0.15) is 284 Å². The number of rotatable bonds is 60. The minimum atomic E-state index is -4.40. The molecule has 0 aromatic rings. The lowest BCUT2D eigenvalue weighted by Crippen LogP contribution is -2.29. The van der Waals surface area contributed by atoms with Crippen molar-refractivity contribution in [1.29, 1.82) is 0 Å². The standard InChI is InChI=1S/C69H120NO8P/c1-3-5-7-9-11-13-15-17-19-21-23-25-27-29-30-31-32-33-34-35-36-38-39-41-43-45-47-49-51-53-55-57-59-61-68(71)75-65-67(66-77-79(73,74)76-64-63-70)78-69(72)62-60-58-56-54-52-50-48-46-44-42-40-37-28-26-24-22-20-18-16-14-12-10-8-6-4-2/h6,8,12,14-15,17-18,20-21,23-24,26-27,29,37,40,44,46,67H,3-5,7,9-11,13,16,19,22,25,28,30-36,38-39,41-43,45,47-66,70H2,1-2H3,(H,73,74)/b8-6-,14-12-,17-15-,20-18-,23-21-,26-24-,29-27-,40-37-,46-44-. The molecule has 0 aromatic carbocycles. The molecule has 0 aliphatic carbocycles. The van der Waals surface area contributed by atoms with E-state index in [0.717, 1.165) is 109 Å². The van der Waals surface area contributed by atoms with Crippen LogP contribution in [-0.4, -0.2) is 49.3 Å². The van der Waals surface area contributed by atoms with E-state index in [-0.39, 0.29) is 38.6 Å². The van der Waals surface area contributed by atoms with E-state index in [1.807, 2.05) is 0 Å². The Kier molecular flexibility index (Phi) is 61.2. The van der Waals surface area contributed by atoms with Gasteiger partial charge < -0.3 is 20.1 Å². The van der Waals surface area contributed by atoms with Gasteiger partial charge in [0.2, 0.25) is 0 Å². The average Bonchev–Trinajstić information content (AvgIpc) is 3.44. The van der Waals surface area contributed by atoms with E-state index >= 15 is 0 Å². The highest BCUT2D eigenvalue weighted by molar-refractivity contribution is 7.47. The third kappa shape index (κ3) is 63.7. The molecule has 0 aliphatic heterocycles. The Morgan fingerprint density at radius 2 is 0.696 bits per heavy atom. The minimum Gasteiger partial charge on any atom is -0.462 e. The highest BCUT2D eigenvalue weighted by Crippen LogP contribution is 2.43. The van der Waals surface area contributed by atoms with Crippen molar-refractivity contribution in [3.05, 3.63) is 109 Å². The Morgan fingerprint density at radius 3 is 1.04 bits per heavy atom. The van der Waals surface area contributed by atoms with Gasteiger partial charge in [-0.15, -0.1) is 0 Å². The van der Waals surface area contributed by atoms with Crippen LogP contribution in [0.3, 0.4) is 0 Å². The number of carbonyl (C=O) groups excluding carboxylic acids is 2. The minimum absolute atomic E-state index is 0.0462. The molecule has 0 fully saturated rings. The molecule has 0 heterocycles. The second-order valence-electron chi connectivity index (χ2n) is 21.2. The summed E-state index contributed by atoms with van der Waals surface area (Å²) in [7, 11) is -4.40. The first-order chi connectivity index (χ1) is 38.8. The molecule has 2 unspecified atom stereocenters. The topological polar surface area (TPSA) is 134 Å². The van der Waals surface area contributed by atoms with Crippen LogP contribution in [-0.2, 0) is 32.7 Å². The second kappa shape index (κ2) is 63.8.